The van der Waals surface area contributed by atoms with Gasteiger partial charge >= 0.3 is 0 Å². The molecule has 3 aliphatic rings. The maximum absolute atomic E-state index is 6.22. The highest BCUT2D eigenvalue weighted by Crippen LogP contribution is 2.44. The van der Waals surface area contributed by atoms with Gasteiger partial charge in [-0.15, -0.1) is 0 Å². The third-order valence-electron chi connectivity index (χ3n) is 6.59. The van der Waals surface area contributed by atoms with E-state index in [9.17, 15) is 0 Å². The first-order valence-corrected chi connectivity index (χ1v) is 9.57. The van der Waals surface area contributed by atoms with Crippen molar-refractivity contribution in [3.05, 3.63) is 34.3 Å². The third-order valence-corrected chi connectivity index (χ3v) is 6.82. The molecular formula is C20H28ClN. The fourth-order valence-electron chi connectivity index (χ4n) is 5.40. The minimum atomic E-state index is 0.718. The number of fused-ring (bicyclic) bond motifs is 2. The largest absolute Gasteiger partial charge is 0.300 e. The van der Waals surface area contributed by atoms with Gasteiger partial charge in [0.1, 0.15) is 0 Å². The second-order valence-corrected chi connectivity index (χ2v) is 8.42. The number of aryl methyl sites for hydroxylation is 1. The van der Waals surface area contributed by atoms with Crippen LogP contribution in [0, 0.1) is 18.8 Å². The van der Waals surface area contributed by atoms with Crippen molar-refractivity contribution >= 4 is 11.6 Å². The summed E-state index contributed by atoms with van der Waals surface area (Å²) in [5, 5.41) is 0.895. The fraction of sp³-hybridized carbons (Fsp3) is 0.700. The number of hydrogen-bond acceptors (Lipinski definition) is 1. The van der Waals surface area contributed by atoms with Crippen molar-refractivity contribution in [2.24, 2.45) is 11.8 Å². The van der Waals surface area contributed by atoms with Gasteiger partial charge in [0.2, 0.25) is 0 Å². The van der Waals surface area contributed by atoms with Crippen molar-refractivity contribution in [2.75, 3.05) is 13.1 Å². The molecule has 0 N–H and O–H groups in total. The summed E-state index contributed by atoms with van der Waals surface area (Å²) in [6, 6.07) is 7.31. The molecule has 120 valence electrons. The van der Waals surface area contributed by atoms with Crippen LogP contribution in [0.25, 0.3) is 0 Å². The second kappa shape index (κ2) is 6.17. The zero-order valence-corrected chi connectivity index (χ0v) is 14.5. The highest BCUT2D eigenvalue weighted by atomic mass is 35.5. The van der Waals surface area contributed by atoms with Crippen LogP contribution >= 0.6 is 11.6 Å². The normalized spacial score (nSPS) is 33.3. The van der Waals surface area contributed by atoms with E-state index in [2.05, 4.69) is 24.0 Å². The lowest BCUT2D eigenvalue weighted by Gasteiger charge is -2.41. The number of halogens is 1. The van der Waals surface area contributed by atoms with E-state index in [1.54, 1.807) is 0 Å². The predicted molar refractivity (Wildman–Crippen MR) is 93.6 cm³/mol. The molecule has 22 heavy (non-hydrogen) atoms. The number of benzene rings is 1. The van der Waals surface area contributed by atoms with E-state index in [4.69, 9.17) is 11.6 Å². The molecule has 4 rings (SSSR count). The Bertz CT molecular complexity index is 521. The molecule has 0 amide bonds. The Hall–Kier alpha value is -0.530. The topological polar surface area (TPSA) is 3.24 Å². The van der Waals surface area contributed by atoms with E-state index in [1.807, 2.05) is 6.07 Å². The molecule has 2 bridgehead atoms. The summed E-state index contributed by atoms with van der Waals surface area (Å²) in [5.74, 6) is 2.82. The Morgan fingerprint density at radius 3 is 2.32 bits per heavy atom. The van der Waals surface area contributed by atoms with Crippen LogP contribution in [0.5, 0.6) is 0 Å². The molecular weight excluding hydrogens is 290 g/mol. The van der Waals surface area contributed by atoms with E-state index < -0.39 is 0 Å². The molecule has 1 aromatic rings. The molecule has 2 atom stereocenters. The SMILES string of the molecule is Cc1ccc(Cl)cc1C1CCN(C2C[C@H]3CC[C@H](C2)C3)CC1. The van der Waals surface area contributed by atoms with Crippen LogP contribution in [0.3, 0.4) is 0 Å². The molecule has 1 nitrogen and oxygen atoms in total. The Balaban J connectivity index is 1.39. The van der Waals surface area contributed by atoms with Gasteiger partial charge in [-0.05, 0) is 93.1 Å². The van der Waals surface area contributed by atoms with Crippen molar-refractivity contribution in [3.63, 3.8) is 0 Å². The Morgan fingerprint density at radius 2 is 1.64 bits per heavy atom. The van der Waals surface area contributed by atoms with Crippen LogP contribution in [0.15, 0.2) is 18.2 Å². The Labute approximate surface area is 140 Å². The first-order chi connectivity index (χ1) is 10.7. The van der Waals surface area contributed by atoms with Crippen molar-refractivity contribution in [1.29, 1.82) is 0 Å². The van der Waals surface area contributed by atoms with Gasteiger partial charge in [-0.1, -0.05) is 30.5 Å². The first-order valence-electron chi connectivity index (χ1n) is 9.19. The highest BCUT2D eigenvalue weighted by molar-refractivity contribution is 6.30. The summed E-state index contributed by atoms with van der Waals surface area (Å²) in [7, 11) is 0. The van der Waals surface area contributed by atoms with E-state index in [-0.39, 0.29) is 0 Å². The van der Waals surface area contributed by atoms with Gasteiger partial charge in [0.25, 0.3) is 0 Å². The van der Waals surface area contributed by atoms with Gasteiger partial charge in [-0.3, -0.25) is 0 Å². The molecule has 2 heteroatoms. The van der Waals surface area contributed by atoms with E-state index in [1.165, 1.54) is 69.2 Å². The van der Waals surface area contributed by atoms with Crippen molar-refractivity contribution in [2.45, 2.75) is 63.8 Å². The van der Waals surface area contributed by atoms with Crippen LogP contribution in [0.2, 0.25) is 5.02 Å². The molecule has 0 radical (unpaired) electrons. The molecule has 0 aromatic heterocycles. The van der Waals surface area contributed by atoms with Crippen LogP contribution in [-0.4, -0.2) is 24.0 Å². The number of hydrogen-bond donors (Lipinski definition) is 0. The summed E-state index contributed by atoms with van der Waals surface area (Å²) >= 11 is 6.22. The number of nitrogens with zero attached hydrogens (tertiary/aromatic N) is 1. The minimum Gasteiger partial charge on any atom is -0.300 e. The molecule has 3 fully saturated rings. The quantitative estimate of drug-likeness (QED) is 0.705. The van der Waals surface area contributed by atoms with Crippen LogP contribution in [0.1, 0.15) is 62.0 Å². The molecule has 1 heterocycles. The van der Waals surface area contributed by atoms with Crippen LogP contribution < -0.4 is 0 Å². The zero-order valence-electron chi connectivity index (χ0n) is 13.7. The van der Waals surface area contributed by atoms with Gasteiger partial charge in [0.05, 0.1) is 0 Å². The molecule has 0 spiro atoms. The lowest BCUT2D eigenvalue weighted by Crippen LogP contribution is -2.43. The minimum absolute atomic E-state index is 0.718. The number of piperidine rings is 1. The van der Waals surface area contributed by atoms with Gasteiger partial charge in [0.15, 0.2) is 0 Å². The summed E-state index contributed by atoms with van der Waals surface area (Å²) < 4.78 is 0. The smallest absolute Gasteiger partial charge is 0.0409 e. The number of rotatable bonds is 2. The molecule has 1 saturated heterocycles. The molecule has 1 aromatic carbocycles. The van der Waals surface area contributed by atoms with Crippen LogP contribution in [0.4, 0.5) is 0 Å². The fourth-order valence-corrected chi connectivity index (χ4v) is 5.58. The molecule has 1 aliphatic heterocycles. The van der Waals surface area contributed by atoms with Crippen molar-refractivity contribution < 1.29 is 0 Å². The number of likely N-dealkylation sites (tertiary alicyclic amines) is 1. The highest BCUT2D eigenvalue weighted by Gasteiger charge is 2.37. The van der Waals surface area contributed by atoms with Gasteiger partial charge in [-0.2, -0.15) is 0 Å². The average molecular weight is 318 g/mol. The first kappa shape index (κ1) is 15.0. The van der Waals surface area contributed by atoms with Gasteiger partial charge in [0, 0.05) is 11.1 Å². The van der Waals surface area contributed by atoms with Crippen molar-refractivity contribution in [1.82, 2.24) is 4.90 Å². The molecule has 2 saturated carbocycles. The van der Waals surface area contributed by atoms with Crippen LogP contribution in [-0.2, 0) is 0 Å². The lowest BCUT2D eigenvalue weighted by atomic mass is 9.82. The summed E-state index contributed by atoms with van der Waals surface area (Å²) in [4.78, 5) is 2.82. The standard InChI is InChI=1S/C20H28ClN/c1-14-2-5-18(21)13-20(14)17-6-8-22(9-7-17)19-11-15-3-4-16(10-15)12-19/h2,5,13,15-17,19H,3-4,6-12H2,1H3/t15-,16-/m0/s1. The summed E-state index contributed by atoms with van der Waals surface area (Å²) in [5.41, 5.74) is 2.91. The van der Waals surface area contributed by atoms with E-state index >= 15 is 0 Å². The van der Waals surface area contributed by atoms with E-state index in [0.717, 1.165) is 28.8 Å². The monoisotopic (exact) mass is 317 g/mol. The zero-order chi connectivity index (χ0) is 15.1. The maximum atomic E-state index is 6.22. The van der Waals surface area contributed by atoms with Gasteiger partial charge < -0.3 is 4.90 Å². The Morgan fingerprint density at radius 1 is 0.955 bits per heavy atom. The molecule has 0 unspecified atom stereocenters. The lowest BCUT2D eigenvalue weighted by molar-refractivity contribution is 0.0983. The summed E-state index contributed by atoms with van der Waals surface area (Å²) in [6.07, 6.45) is 10.2. The van der Waals surface area contributed by atoms with Crippen molar-refractivity contribution in [3.8, 4) is 0 Å². The summed E-state index contributed by atoms with van der Waals surface area (Å²) in [6.45, 7) is 4.82. The average Bonchev–Trinajstić information content (AvgIpc) is 2.88. The van der Waals surface area contributed by atoms with Gasteiger partial charge in [-0.25, -0.2) is 0 Å². The maximum Gasteiger partial charge on any atom is 0.0409 e. The Kier molecular flexibility index (Phi) is 4.21. The predicted octanol–water partition coefficient (Wildman–Crippen LogP) is 5.41. The third kappa shape index (κ3) is 2.95. The van der Waals surface area contributed by atoms with E-state index in [0.29, 0.717) is 0 Å². The second-order valence-electron chi connectivity index (χ2n) is 7.98. The molecule has 2 aliphatic carbocycles.